The fraction of sp³-hybridized carbons (Fsp3) is 0.765. The van der Waals surface area contributed by atoms with Crippen LogP contribution < -0.4 is 0 Å². The van der Waals surface area contributed by atoms with Gasteiger partial charge in [0.25, 0.3) is 0 Å². The molecule has 0 N–H and O–H groups in total. The predicted molar refractivity (Wildman–Crippen MR) is 86.5 cm³/mol. The van der Waals surface area contributed by atoms with Gasteiger partial charge in [0.1, 0.15) is 0 Å². The summed E-state index contributed by atoms with van der Waals surface area (Å²) in [5.41, 5.74) is 3.00. The van der Waals surface area contributed by atoms with E-state index in [9.17, 15) is 4.79 Å². The van der Waals surface area contributed by atoms with E-state index in [-0.39, 0.29) is 17.4 Å². The van der Waals surface area contributed by atoms with Crippen LogP contribution in [0.1, 0.15) is 50.1 Å². The molecule has 0 aliphatic heterocycles. The van der Waals surface area contributed by atoms with Crippen molar-refractivity contribution in [3.63, 3.8) is 0 Å². The summed E-state index contributed by atoms with van der Waals surface area (Å²) in [6.07, 6.45) is 2.99. The second kappa shape index (κ2) is 6.41. The molecule has 0 atom stereocenters. The fourth-order valence-electron chi connectivity index (χ4n) is 3.31. The molecule has 1 heterocycles. The molecule has 0 saturated heterocycles. The minimum Gasteiger partial charge on any atom is -0.384 e. The van der Waals surface area contributed by atoms with Crippen LogP contribution >= 0.6 is 0 Å². The number of ether oxygens (including phenoxy) is 1. The molecule has 1 saturated carbocycles. The molecule has 1 aliphatic carbocycles. The first-order chi connectivity index (χ1) is 10.3. The van der Waals surface area contributed by atoms with Crippen molar-refractivity contribution in [2.75, 3.05) is 13.7 Å². The highest BCUT2D eigenvalue weighted by molar-refractivity contribution is 5.84. The van der Waals surface area contributed by atoms with E-state index in [0.29, 0.717) is 13.2 Å². The van der Waals surface area contributed by atoms with Gasteiger partial charge in [0.15, 0.2) is 0 Å². The lowest BCUT2D eigenvalue weighted by molar-refractivity contribution is -0.154. The summed E-state index contributed by atoms with van der Waals surface area (Å²) in [4.78, 5) is 15.1. The van der Waals surface area contributed by atoms with Crippen LogP contribution in [0.15, 0.2) is 0 Å². The summed E-state index contributed by atoms with van der Waals surface area (Å²) < 4.78 is 7.23. The van der Waals surface area contributed by atoms with Gasteiger partial charge in [0.05, 0.1) is 17.7 Å². The van der Waals surface area contributed by atoms with E-state index in [1.165, 1.54) is 0 Å². The summed E-state index contributed by atoms with van der Waals surface area (Å²) >= 11 is 0. The molecule has 1 fully saturated rings. The van der Waals surface area contributed by atoms with Crippen molar-refractivity contribution in [3.05, 3.63) is 17.0 Å². The van der Waals surface area contributed by atoms with E-state index < -0.39 is 0 Å². The van der Waals surface area contributed by atoms with Crippen LogP contribution in [0, 0.1) is 19.3 Å². The lowest BCUT2D eigenvalue weighted by atomic mass is 9.68. The van der Waals surface area contributed by atoms with Gasteiger partial charge in [0, 0.05) is 38.0 Å². The zero-order valence-electron chi connectivity index (χ0n) is 14.8. The quantitative estimate of drug-likeness (QED) is 0.811. The smallest absolute Gasteiger partial charge is 0.231 e. The molecule has 0 radical (unpaired) electrons. The third-order valence-corrected chi connectivity index (χ3v) is 5.06. The Morgan fingerprint density at radius 1 is 1.41 bits per heavy atom. The molecule has 5 nitrogen and oxygen atoms in total. The molecule has 124 valence electrons. The maximum atomic E-state index is 13.1. The Kier molecular flexibility index (Phi) is 4.95. The first-order valence-corrected chi connectivity index (χ1v) is 8.11. The van der Waals surface area contributed by atoms with Crippen LogP contribution in [0.25, 0.3) is 0 Å². The standard InChI is InChI=1S/C17H29N3O2/c1-12(2)20(10-15-13(3)18-19(5)14(15)4)16(21)17(11-22-6)8-7-9-17/h12H,7-11H2,1-6H3. The zero-order chi connectivity index (χ0) is 16.5. The van der Waals surface area contributed by atoms with Crippen molar-refractivity contribution < 1.29 is 9.53 Å². The summed E-state index contributed by atoms with van der Waals surface area (Å²) in [7, 11) is 3.63. The number of nitrogens with zero attached hydrogens (tertiary/aromatic N) is 3. The van der Waals surface area contributed by atoms with Gasteiger partial charge in [-0.3, -0.25) is 9.48 Å². The zero-order valence-corrected chi connectivity index (χ0v) is 14.8. The molecular weight excluding hydrogens is 278 g/mol. The maximum absolute atomic E-state index is 13.1. The van der Waals surface area contributed by atoms with Gasteiger partial charge in [0.2, 0.25) is 5.91 Å². The van der Waals surface area contributed by atoms with Gasteiger partial charge < -0.3 is 9.64 Å². The number of methoxy groups -OCH3 is 1. The summed E-state index contributed by atoms with van der Waals surface area (Å²) in [6.45, 7) is 9.40. The van der Waals surface area contributed by atoms with Crippen molar-refractivity contribution in [2.45, 2.75) is 59.5 Å². The molecule has 0 aromatic carbocycles. The summed E-state index contributed by atoms with van der Waals surface area (Å²) in [5.74, 6) is 0.234. The van der Waals surface area contributed by atoms with Crippen molar-refractivity contribution in [1.82, 2.24) is 14.7 Å². The minimum atomic E-state index is -0.303. The Labute approximate surface area is 133 Å². The van der Waals surface area contributed by atoms with Crippen LogP contribution in [-0.4, -0.2) is 40.3 Å². The third-order valence-electron chi connectivity index (χ3n) is 5.06. The molecule has 0 spiro atoms. The Morgan fingerprint density at radius 2 is 2.05 bits per heavy atom. The Bertz CT molecular complexity index is 544. The predicted octanol–water partition coefficient (Wildman–Crippen LogP) is 2.59. The molecule has 1 aromatic rings. The van der Waals surface area contributed by atoms with Crippen LogP contribution in [0.2, 0.25) is 0 Å². The number of carbonyl (C=O) groups excluding carboxylic acids is 1. The molecule has 1 amide bonds. The number of hydrogen-bond acceptors (Lipinski definition) is 3. The monoisotopic (exact) mass is 307 g/mol. The Morgan fingerprint density at radius 3 is 2.41 bits per heavy atom. The van der Waals surface area contributed by atoms with E-state index in [1.807, 2.05) is 23.6 Å². The summed E-state index contributed by atoms with van der Waals surface area (Å²) in [6, 6.07) is 0.167. The van der Waals surface area contributed by atoms with Crippen molar-refractivity contribution in [3.8, 4) is 0 Å². The first kappa shape index (κ1) is 17.0. The molecule has 1 aromatic heterocycles. The number of hydrogen-bond donors (Lipinski definition) is 0. The minimum absolute atomic E-state index is 0.167. The number of carbonyl (C=O) groups is 1. The van der Waals surface area contributed by atoms with Crippen LogP contribution in [0.5, 0.6) is 0 Å². The van der Waals surface area contributed by atoms with Gasteiger partial charge in [-0.15, -0.1) is 0 Å². The van der Waals surface area contributed by atoms with Crippen molar-refractivity contribution in [2.24, 2.45) is 12.5 Å². The SMILES string of the molecule is COCC1(C(=O)N(Cc2c(C)nn(C)c2C)C(C)C)CCC1. The molecule has 5 heteroatoms. The van der Waals surface area contributed by atoms with E-state index in [4.69, 9.17) is 4.74 Å². The molecular formula is C17H29N3O2. The van der Waals surface area contributed by atoms with Gasteiger partial charge in [-0.25, -0.2) is 0 Å². The molecule has 0 unspecified atom stereocenters. The van der Waals surface area contributed by atoms with Gasteiger partial charge in [-0.05, 0) is 40.5 Å². The Balaban J connectivity index is 2.25. The van der Waals surface area contributed by atoms with E-state index in [1.54, 1.807) is 7.11 Å². The van der Waals surface area contributed by atoms with Crippen molar-refractivity contribution in [1.29, 1.82) is 0 Å². The average Bonchev–Trinajstić information content (AvgIpc) is 2.64. The first-order valence-electron chi connectivity index (χ1n) is 8.11. The van der Waals surface area contributed by atoms with Crippen molar-refractivity contribution >= 4 is 5.91 Å². The second-order valence-corrected chi connectivity index (χ2v) is 6.87. The van der Waals surface area contributed by atoms with Gasteiger partial charge >= 0.3 is 0 Å². The average molecular weight is 307 g/mol. The lowest BCUT2D eigenvalue weighted by Gasteiger charge is -2.44. The fourth-order valence-corrected chi connectivity index (χ4v) is 3.31. The molecule has 2 rings (SSSR count). The molecule has 0 bridgehead atoms. The maximum Gasteiger partial charge on any atom is 0.231 e. The van der Waals surface area contributed by atoms with Gasteiger partial charge in [-0.2, -0.15) is 5.10 Å². The number of amides is 1. The highest BCUT2D eigenvalue weighted by Gasteiger charge is 2.47. The topological polar surface area (TPSA) is 47.4 Å². The second-order valence-electron chi connectivity index (χ2n) is 6.87. The number of rotatable bonds is 6. The van der Waals surface area contributed by atoms with Crippen LogP contribution in [0.4, 0.5) is 0 Å². The third kappa shape index (κ3) is 2.91. The summed E-state index contributed by atoms with van der Waals surface area (Å²) in [5, 5.41) is 4.47. The lowest BCUT2D eigenvalue weighted by Crippen LogP contribution is -2.52. The van der Waals surface area contributed by atoms with E-state index >= 15 is 0 Å². The van der Waals surface area contributed by atoms with E-state index in [0.717, 1.165) is 36.2 Å². The highest BCUT2D eigenvalue weighted by atomic mass is 16.5. The Hall–Kier alpha value is -1.36. The van der Waals surface area contributed by atoms with Crippen LogP contribution in [0.3, 0.4) is 0 Å². The number of aryl methyl sites for hydroxylation is 2. The largest absolute Gasteiger partial charge is 0.384 e. The van der Waals surface area contributed by atoms with Crippen LogP contribution in [-0.2, 0) is 23.1 Å². The molecule has 22 heavy (non-hydrogen) atoms. The highest BCUT2D eigenvalue weighted by Crippen LogP contribution is 2.43. The number of aromatic nitrogens is 2. The van der Waals surface area contributed by atoms with Gasteiger partial charge in [-0.1, -0.05) is 6.42 Å². The normalized spacial score (nSPS) is 16.7. The van der Waals surface area contributed by atoms with E-state index in [2.05, 4.69) is 25.9 Å². The molecule has 1 aliphatic rings.